The maximum absolute atomic E-state index is 9.57. The van der Waals surface area contributed by atoms with Gasteiger partial charge in [0.15, 0.2) is 0 Å². The van der Waals surface area contributed by atoms with Gasteiger partial charge in [0.1, 0.15) is 23.0 Å². The monoisotopic (exact) mass is 436 g/mol. The Labute approximate surface area is 182 Å². The molecular formula is C24H20O6S. The van der Waals surface area contributed by atoms with E-state index >= 15 is 0 Å². The summed E-state index contributed by atoms with van der Waals surface area (Å²) >= 11 is -0.750. The second-order valence-corrected chi connectivity index (χ2v) is 6.33. The van der Waals surface area contributed by atoms with Gasteiger partial charge in [0.2, 0.25) is 0 Å². The molecule has 6 nitrogen and oxygen atoms in total. The van der Waals surface area contributed by atoms with E-state index in [4.69, 9.17) is 18.6 Å². The molecule has 0 atom stereocenters. The number of phenolic OH excluding ortho intramolecular Hbond substituents is 4. The average Bonchev–Trinajstić information content (AvgIpc) is 2.77. The molecule has 4 N–H and O–H groups in total. The summed E-state index contributed by atoms with van der Waals surface area (Å²) in [5, 5.41) is 37.4. The summed E-state index contributed by atoms with van der Waals surface area (Å²) in [6, 6.07) is 27.7. The van der Waals surface area contributed by atoms with Gasteiger partial charge in [0, 0.05) is 11.1 Å². The van der Waals surface area contributed by atoms with Crippen molar-refractivity contribution in [2.75, 3.05) is 0 Å². The molecule has 0 aliphatic carbocycles. The van der Waals surface area contributed by atoms with E-state index in [1.807, 2.05) is 24.3 Å². The molecule has 4 aromatic carbocycles. The van der Waals surface area contributed by atoms with E-state index in [1.54, 1.807) is 72.8 Å². The zero-order valence-electron chi connectivity index (χ0n) is 16.3. The summed E-state index contributed by atoms with van der Waals surface area (Å²) in [6.07, 6.45) is 0. The van der Waals surface area contributed by atoms with E-state index in [0.29, 0.717) is 0 Å². The molecule has 0 bridgehead atoms. The Morgan fingerprint density at radius 3 is 1.03 bits per heavy atom. The van der Waals surface area contributed by atoms with E-state index < -0.39 is 11.6 Å². The maximum atomic E-state index is 9.57. The van der Waals surface area contributed by atoms with Crippen LogP contribution in [0.25, 0.3) is 22.3 Å². The van der Waals surface area contributed by atoms with Gasteiger partial charge >= 0.3 is 11.6 Å². The third-order valence-electron chi connectivity index (χ3n) is 4.16. The first kappa shape index (κ1) is 23.2. The van der Waals surface area contributed by atoms with Crippen LogP contribution in [0.2, 0.25) is 0 Å². The molecule has 0 heterocycles. The zero-order valence-corrected chi connectivity index (χ0v) is 17.1. The van der Waals surface area contributed by atoms with Crippen LogP contribution >= 0.6 is 0 Å². The molecule has 0 aromatic heterocycles. The fourth-order valence-electron chi connectivity index (χ4n) is 2.72. The molecule has 0 fully saturated rings. The van der Waals surface area contributed by atoms with E-state index in [0.717, 1.165) is 22.3 Å². The zero-order chi connectivity index (χ0) is 22.6. The maximum Gasteiger partial charge on any atom is 0.335 e. The van der Waals surface area contributed by atoms with Gasteiger partial charge in [-0.2, -0.15) is 8.42 Å². The van der Waals surface area contributed by atoms with Crippen molar-refractivity contribution in [3.63, 3.8) is 0 Å². The summed E-state index contributed by atoms with van der Waals surface area (Å²) in [6.45, 7) is 0. The minimum absolute atomic E-state index is 0.226. The highest BCUT2D eigenvalue weighted by atomic mass is 32.1. The van der Waals surface area contributed by atoms with Crippen LogP contribution in [0, 0.1) is 0 Å². The third-order valence-corrected chi connectivity index (χ3v) is 4.16. The van der Waals surface area contributed by atoms with Gasteiger partial charge in [-0.3, -0.25) is 0 Å². The van der Waals surface area contributed by atoms with E-state index in [1.165, 1.54) is 0 Å². The molecule has 158 valence electrons. The first-order valence-electron chi connectivity index (χ1n) is 9.03. The normalized spacial score (nSPS) is 9.42. The highest BCUT2D eigenvalue weighted by Crippen LogP contribution is 2.30. The van der Waals surface area contributed by atoms with Crippen molar-refractivity contribution >= 4 is 11.6 Å². The topological polar surface area (TPSA) is 115 Å². The number of hydrogen-bond acceptors (Lipinski definition) is 6. The molecule has 0 spiro atoms. The van der Waals surface area contributed by atoms with Gasteiger partial charge in [-0.1, -0.05) is 60.7 Å². The molecule has 7 heteroatoms. The smallest absolute Gasteiger partial charge is 0.335 e. The summed E-state index contributed by atoms with van der Waals surface area (Å²) in [4.78, 5) is 0. The molecule has 0 unspecified atom stereocenters. The van der Waals surface area contributed by atoms with Crippen LogP contribution < -0.4 is 0 Å². The Morgan fingerprint density at radius 1 is 0.452 bits per heavy atom. The molecule has 0 saturated carbocycles. The molecule has 31 heavy (non-hydrogen) atoms. The van der Waals surface area contributed by atoms with Crippen molar-refractivity contribution in [1.82, 2.24) is 0 Å². The third kappa shape index (κ3) is 7.02. The predicted molar refractivity (Wildman–Crippen MR) is 119 cm³/mol. The number of aromatic hydroxyl groups is 4. The molecule has 0 radical (unpaired) electrons. The van der Waals surface area contributed by atoms with Crippen LogP contribution in [-0.2, 0) is 11.6 Å². The lowest BCUT2D eigenvalue weighted by Gasteiger charge is -2.03. The first-order valence-corrected chi connectivity index (χ1v) is 9.69. The summed E-state index contributed by atoms with van der Waals surface area (Å²) in [5.41, 5.74) is 3.32. The van der Waals surface area contributed by atoms with E-state index in [-0.39, 0.29) is 23.0 Å². The van der Waals surface area contributed by atoms with Crippen LogP contribution in [0.4, 0.5) is 0 Å². The fourth-order valence-corrected chi connectivity index (χ4v) is 2.72. The Hall–Kier alpha value is -4.10. The molecule has 0 aliphatic heterocycles. The highest BCUT2D eigenvalue weighted by Gasteiger charge is 2.02. The molecule has 4 aromatic rings. The quantitative estimate of drug-likeness (QED) is 0.357. The molecule has 0 saturated heterocycles. The number of phenols is 4. The summed E-state index contributed by atoms with van der Waals surface area (Å²) in [7, 11) is 0. The summed E-state index contributed by atoms with van der Waals surface area (Å²) in [5.74, 6) is 0.949. The van der Waals surface area contributed by atoms with Gasteiger partial charge in [0.05, 0.1) is 0 Å². The predicted octanol–water partition coefficient (Wildman–Crippen LogP) is 4.86. The van der Waals surface area contributed by atoms with Gasteiger partial charge < -0.3 is 20.4 Å². The van der Waals surface area contributed by atoms with Gasteiger partial charge in [0.25, 0.3) is 0 Å². The second kappa shape index (κ2) is 11.8. The van der Waals surface area contributed by atoms with Crippen molar-refractivity contribution < 1.29 is 28.8 Å². The van der Waals surface area contributed by atoms with Gasteiger partial charge in [-0.25, -0.2) is 0 Å². The largest absolute Gasteiger partial charge is 0.508 e. The fraction of sp³-hybridized carbons (Fsp3) is 0. The molecular weight excluding hydrogens is 416 g/mol. The lowest BCUT2D eigenvalue weighted by Crippen LogP contribution is -1.77. The standard InChI is InChI=1S/2C12H10O2.O2S/c2*13-10-7-5-9(6-8-10)11-3-1-2-4-12(11)14;1-3-2/h2*1-8,13-14H;. The number of rotatable bonds is 2. The minimum atomic E-state index is -0.750. The van der Waals surface area contributed by atoms with Crippen molar-refractivity contribution in [3.05, 3.63) is 97.1 Å². The van der Waals surface area contributed by atoms with Crippen molar-refractivity contribution in [3.8, 4) is 45.3 Å². The van der Waals surface area contributed by atoms with E-state index in [2.05, 4.69) is 0 Å². The number of hydrogen-bond donors (Lipinski definition) is 4. The lowest BCUT2D eigenvalue weighted by molar-refractivity contribution is 0.474. The van der Waals surface area contributed by atoms with Crippen LogP contribution in [0.5, 0.6) is 23.0 Å². The second-order valence-electron chi connectivity index (χ2n) is 6.20. The SMILES string of the molecule is O=S=O.Oc1ccc(-c2ccccc2O)cc1.Oc1ccc(-c2ccccc2O)cc1. The highest BCUT2D eigenvalue weighted by molar-refractivity contribution is 7.51. The van der Waals surface area contributed by atoms with Crippen molar-refractivity contribution in [1.29, 1.82) is 0 Å². The average molecular weight is 436 g/mol. The lowest BCUT2D eigenvalue weighted by atomic mass is 10.0. The van der Waals surface area contributed by atoms with Crippen molar-refractivity contribution in [2.24, 2.45) is 0 Å². The Balaban J connectivity index is 0.000000196. The Kier molecular flexibility index (Phi) is 8.82. The Morgan fingerprint density at radius 2 is 0.742 bits per heavy atom. The molecule has 4 rings (SSSR count). The molecule has 0 aliphatic rings. The van der Waals surface area contributed by atoms with Gasteiger partial charge in [-0.05, 0) is 47.5 Å². The Bertz CT molecular complexity index is 1050. The van der Waals surface area contributed by atoms with Gasteiger partial charge in [-0.15, -0.1) is 0 Å². The van der Waals surface area contributed by atoms with Crippen LogP contribution in [0.1, 0.15) is 0 Å². The minimum Gasteiger partial charge on any atom is -0.508 e. The van der Waals surface area contributed by atoms with Crippen LogP contribution in [0.15, 0.2) is 97.1 Å². The first-order chi connectivity index (χ1) is 15.0. The van der Waals surface area contributed by atoms with Crippen LogP contribution in [0.3, 0.4) is 0 Å². The number of para-hydroxylation sites is 2. The van der Waals surface area contributed by atoms with E-state index in [9.17, 15) is 10.2 Å². The van der Waals surface area contributed by atoms with Crippen molar-refractivity contribution in [2.45, 2.75) is 0 Å². The van der Waals surface area contributed by atoms with Crippen LogP contribution in [-0.4, -0.2) is 28.8 Å². The number of benzene rings is 4. The summed E-state index contributed by atoms with van der Waals surface area (Å²) < 4.78 is 16.6. The molecule has 0 amide bonds.